The van der Waals surface area contributed by atoms with Crippen molar-refractivity contribution >= 4 is 37.6 Å². The summed E-state index contributed by atoms with van der Waals surface area (Å²) in [5.74, 6) is -0.815. The van der Waals surface area contributed by atoms with Gasteiger partial charge in [-0.1, -0.05) is 38.9 Å². The van der Waals surface area contributed by atoms with Crippen molar-refractivity contribution in [3.63, 3.8) is 0 Å². The highest BCUT2D eigenvalue weighted by atomic mass is 32.2. The second kappa shape index (κ2) is 9.98. The van der Waals surface area contributed by atoms with Crippen LogP contribution in [0.3, 0.4) is 0 Å². The average molecular weight is 375 g/mol. The SMILES string of the molecule is CCCC[Si](C)(C)CCSCCNC(=O)N1C=C(F)C(=O)CC1=O. The van der Waals surface area contributed by atoms with E-state index < -0.39 is 38.0 Å². The molecule has 5 nitrogen and oxygen atoms in total. The minimum atomic E-state index is -1.10. The predicted octanol–water partition coefficient (Wildman–Crippen LogP) is 3.55. The molecule has 0 aromatic carbocycles. The van der Waals surface area contributed by atoms with Crippen LogP contribution in [0.2, 0.25) is 25.2 Å². The maximum Gasteiger partial charge on any atom is 0.328 e. The highest BCUT2D eigenvalue weighted by molar-refractivity contribution is 7.99. The largest absolute Gasteiger partial charge is 0.336 e. The number of carbonyl (C=O) groups excluding carboxylic acids is 3. The molecule has 0 bridgehead atoms. The third kappa shape index (κ3) is 7.17. The minimum Gasteiger partial charge on any atom is -0.336 e. The summed E-state index contributed by atoms with van der Waals surface area (Å²) in [7, 11) is -1.10. The Morgan fingerprint density at radius 2 is 2.04 bits per heavy atom. The summed E-state index contributed by atoms with van der Waals surface area (Å²) in [6.07, 6.45) is 2.61. The van der Waals surface area contributed by atoms with Gasteiger partial charge in [-0.2, -0.15) is 11.8 Å². The first-order chi connectivity index (χ1) is 11.3. The third-order valence-electron chi connectivity index (χ3n) is 3.96. The summed E-state index contributed by atoms with van der Waals surface area (Å²) < 4.78 is 13.2. The number of rotatable bonds is 9. The quantitative estimate of drug-likeness (QED) is 0.381. The molecule has 0 atom stereocenters. The van der Waals surface area contributed by atoms with Crippen LogP contribution in [-0.4, -0.2) is 48.7 Å². The van der Waals surface area contributed by atoms with Crippen molar-refractivity contribution in [2.45, 2.75) is 51.4 Å². The fraction of sp³-hybridized carbons (Fsp3) is 0.688. The van der Waals surface area contributed by atoms with Crippen molar-refractivity contribution in [3.05, 3.63) is 12.0 Å². The number of carbonyl (C=O) groups is 3. The number of Topliss-reactive ketones (excluding diaryl/α,β-unsaturated/α-hetero) is 1. The molecule has 0 aliphatic carbocycles. The molecule has 0 saturated carbocycles. The lowest BCUT2D eigenvalue weighted by molar-refractivity contribution is -0.132. The molecule has 0 aromatic heterocycles. The van der Waals surface area contributed by atoms with Gasteiger partial charge in [-0.3, -0.25) is 9.59 Å². The minimum absolute atomic E-state index is 0.410. The van der Waals surface area contributed by atoms with Gasteiger partial charge in [0.1, 0.15) is 0 Å². The van der Waals surface area contributed by atoms with E-state index in [4.69, 9.17) is 0 Å². The molecule has 8 heteroatoms. The van der Waals surface area contributed by atoms with Gasteiger partial charge < -0.3 is 5.32 Å². The Kier molecular flexibility index (Phi) is 8.69. The van der Waals surface area contributed by atoms with Crippen LogP contribution in [0.1, 0.15) is 26.2 Å². The highest BCUT2D eigenvalue weighted by Gasteiger charge is 2.29. The van der Waals surface area contributed by atoms with Gasteiger partial charge in [0.05, 0.1) is 12.6 Å². The van der Waals surface area contributed by atoms with Gasteiger partial charge in [0.15, 0.2) is 5.83 Å². The number of thioether (sulfide) groups is 1. The van der Waals surface area contributed by atoms with E-state index in [0.29, 0.717) is 17.6 Å². The summed E-state index contributed by atoms with van der Waals surface area (Å²) >= 11 is 1.78. The first kappa shape index (κ1) is 20.9. The molecule has 0 unspecified atom stereocenters. The summed E-state index contributed by atoms with van der Waals surface area (Å²) in [4.78, 5) is 35.1. The van der Waals surface area contributed by atoms with Crippen LogP contribution in [0.15, 0.2) is 12.0 Å². The lowest BCUT2D eigenvalue weighted by Crippen LogP contribution is -2.44. The Bertz CT molecular complexity index is 512. The highest BCUT2D eigenvalue weighted by Crippen LogP contribution is 2.21. The zero-order valence-electron chi connectivity index (χ0n) is 14.7. The molecule has 0 radical (unpaired) electrons. The second-order valence-corrected chi connectivity index (χ2v) is 13.3. The normalized spacial score (nSPS) is 15.5. The topological polar surface area (TPSA) is 66.5 Å². The summed E-state index contributed by atoms with van der Waals surface area (Å²) in [6.45, 7) is 7.45. The second-order valence-electron chi connectivity index (χ2n) is 6.70. The first-order valence-corrected chi connectivity index (χ1v) is 12.9. The van der Waals surface area contributed by atoms with E-state index in [-0.39, 0.29) is 0 Å². The van der Waals surface area contributed by atoms with E-state index in [1.54, 1.807) is 11.8 Å². The van der Waals surface area contributed by atoms with Crippen molar-refractivity contribution < 1.29 is 18.8 Å². The number of unbranched alkanes of at least 4 members (excludes halogenated alkanes) is 1. The molecule has 0 aromatic rings. The fourth-order valence-corrected chi connectivity index (χ4v) is 7.08. The Balaban J connectivity index is 2.22. The maximum atomic E-state index is 13.2. The Labute approximate surface area is 148 Å². The molecule has 0 fully saturated rings. The number of halogens is 1. The van der Waals surface area contributed by atoms with Gasteiger partial charge >= 0.3 is 6.03 Å². The lowest BCUT2D eigenvalue weighted by atomic mass is 10.2. The van der Waals surface area contributed by atoms with Gasteiger partial charge in [-0.15, -0.1) is 0 Å². The van der Waals surface area contributed by atoms with E-state index in [1.165, 1.54) is 24.9 Å². The Morgan fingerprint density at radius 3 is 2.71 bits per heavy atom. The molecule has 1 N–H and O–H groups in total. The van der Waals surface area contributed by atoms with Crippen molar-refractivity contribution in [2.75, 3.05) is 18.1 Å². The molecule has 136 valence electrons. The molecular formula is C16H27FN2O3SSi. The molecule has 0 saturated heterocycles. The van der Waals surface area contributed by atoms with Crippen molar-refractivity contribution in [1.29, 1.82) is 0 Å². The van der Waals surface area contributed by atoms with E-state index in [2.05, 4.69) is 25.3 Å². The van der Waals surface area contributed by atoms with E-state index >= 15 is 0 Å². The van der Waals surface area contributed by atoms with Gasteiger partial charge in [0.25, 0.3) is 0 Å². The summed E-state index contributed by atoms with van der Waals surface area (Å²) in [5.41, 5.74) is 0. The molecule has 1 rings (SSSR count). The number of nitrogens with one attached hydrogen (secondary N) is 1. The monoisotopic (exact) mass is 374 g/mol. The third-order valence-corrected chi connectivity index (χ3v) is 8.62. The van der Waals surface area contributed by atoms with Crippen LogP contribution in [-0.2, 0) is 9.59 Å². The van der Waals surface area contributed by atoms with Gasteiger partial charge in [0, 0.05) is 20.4 Å². The number of nitrogens with zero attached hydrogens (tertiary/aromatic N) is 1. The number of ketones is 1. The molecule has 24 heavy (non-hydrogen) atoms. The van der Waals surface area contributed by atoms with Crippen molar-refractivity contribution in [1.82, 2.24) is 10.2 Å². The van der Waals surface area contributed by atoms with Crippen LogP contribution in [0.5, 0.6) is 0 Å². The number of hydrogen-bond donors (Lipinski definition) is 1. The lowest BCUT2D eigenvalue weighted by Gasteiger charge is -2.22. The average Bonchev–Trinajstić information content (AvgIpc) is 2.52. The van der Waals surface area contributed by atoms with E-state index in [9.17, 15) is 18.8 Å². The van der Waals surface area contributed by atoms with Crippen molar-refractivity contribution in [2.24, 2.45) is 0 Å². The number of imide groups is 1. The molecule has 0 spiro atoms. The van der Waals surface area contributed by atoms with Crippen LogP contribution in [0.25, 0.3) is 0 Å². The van der Waals surface area contributed by atoms with Crippen LogP contribution >= 0.6 is 11.8 Å². The van der Waals surface area contributed by atoms with E-state index in [0.717, 1.165) is 11.5 Å². The smallest absolute Gasteiger partial charge is 0.328 e. The van der Waals surface area contributed by atoms with Gasteiger partial charge in [-0.25, -0.2) is 14.1 Å². The molecular weight excluding hydrogens is 347 g/mol. The Morgan fingerprint density at radius 1 is 1.33 bits per heavy atom. The summed E-state index contributed by atoms with van der Waals surface area (Å²) in [6, 6.07) is 1.93. The number of allylic oxidation sites excluding steroid dienone is 1. The van der Waals surface area contributed by atoms with Gasteiger partial charge in [-0.05, 0) is 11.8 Å². The van der Waals surface area contributed by atoms with E-state index in [1.807, 2.05) is 0 Å². The molecule has 1 aliphatic rings. The predicted molar refractivity (Wildman–Crippen MR) is 98.4 cm³/mol. The molecule has 1 heterocycles. The summed E-state index contributed by atoms with van der Waals surface area (Å²) in [5, 5.41) is 2.58. The molecule has 1 aliphatic heterocycles. The molecule has 3 amide bonds. The number of amides is 3. The van der Waals surface area contributed by atoms with Crippen LogP contribution < -0.4 is 5.32 Å². The zero-order chi connectivity index (χ0) is 18.2. The zero-order valence-corrected chi connectivity index (χ0v) is 16.5. The van der Waals surface area contributed by atoms with Crippen molar-refractivity contribution in [3.8, 4) is 0 Å². The number of hydrogen-bond acceptors (Lipinski definition) is 4. The van der Waals surface area contributed by atoms with Crippen LogP contribution in [0, 0.1) is 0 Å². The Hall–Kier alpha value is -1.15. The fourth-order valence-electron chi connectivity index (χ4n) is 2.28. The maximum absolute atomic E-state index is 13.2. The standard InChI is InChI=1S/C16H27FN2O3SSi/c1-4-5-9-24(2,3)10-8-23-7-6-18-16(22)19-12-13(17)14(20)11-15(19)21/h12H,4-11H2,1-3H3,(H,18,22). The van der Waals surface area contributed by atoms with Gasteiger partial charge in [0.2, 0.25) is 11.7 Å². The number of urea groups is 1. The van der Waals surface area contributed by atoms with Crippen LogP contribution in [0.4, 0.5) is 9.18 Å². The first-order valence-electron chi connectivity index (χ1n) is 8.35.